The number of carbonyl (C=O) groups is 1. The van der Waals surface area contributed by atoms with Crippen molar-refractivity contribution in [2.75, 3.05) is 26.9 Å². The molecule has 2 aromatic carbocycles. The van der Waals surface area contributed by atoms with E-state index in [1.54, 1.807) is 11.7 Å². The molecule has 4 aromatic rings. The van der Waals surface area contributed by atoms with Gasteiger partial charge in [0.05, 0.1) is 18.7 Å². The van der Waals surface area contributed by atoms with E-state index in [-0.39, 0.29) is 12.5 Å². The van der Waals surface area contributed by atoms with E-state index in [0.717, 1.165) is 38.4 Å². The van der Waals surface area contributed by atoms with Gasteiger partial charge in [0.25, 0.3) is 5.91 Å². The predicted octanol–water partition coefficient (Wildman–Crippen LogP) is 5.05. The summed E-state index contributed by atoms with van der Waals surface area (Å²) in [4.78, 5) is 17.0. The molecule has 0 fully saturated rings. The molecule has 0 aliphatic carbocycles. The molecule has 0 saturated heterocycles. The van der Waals surface area contributed by atoms with Crippen molar-refractivity contribution in [2.45, 2.75) is 6.92 Å². The van der Waals surface area contributed by atoms with Crippen LogP contribution in [0.3, 0.4) is 0 Å². The van der Waals surface area contributed by atoms with Crippen LogP contribution in [0.5, 0.6) is 0 Å². The first-order chi connectivity index (χ1) is 14.7. The van der Waals surface area contributed by atoms with Crippen LogP contribution in [0.1, 0.15) is 22.8 Å². The summed E-state index contributed by atoms with van der Waals surface area (Å²) in [5.41, 5.74) is 4.12. The van der Waals surface area contributed by atoms with Crippen molar-refractivity contribution < 1.29 is 14.3 Å². The van der Waals surface area contributed by atoms with Crippen molar-refractivity contribution in [1.29, 1.82) is 0 Å². The van der Waals surface area contributed by atoms with E-state index in [2.05, 4.69) is 30.1 Å². The number of pyridine rings is 1. The lowest BCUT2D eigenvalue weighted by Crippen LogP contribution is -2.18. The Balaban J connectivity index is 1.72. The molecule has 0 radical (unpaired) electrons. The molecule has 0 bridgehead atoms. The first kappa shape index (κ1) is 20.0. The lowest BCUT2D eigenvalue weighted by atomic mass is 10.0. The molecule has 2 aromatic heterocycles. The van der Waals surface area contributed by atoms with Gasteiger partial charge in [-0.3, -0.25) is 14.3 Å². The van der Waals surface area contributed by atoms with Gasteiger partial charge in [0.1, 0.15) is 6.61 Å². The third-order valence-corrected chi connectivity index (χ3v) is 5.15. The van der Waals surface area contributed by atoms with Crippen LogP contribution in [0.4, 0.5) is 0 Å². The molecule has 0 unspecified atom stereocenters. The molecular weight excluding hydrogens is 376 g/mol. The number of hydrogen-bond acceptors (Lipinski definition) is 4. The van der Waals surface area contributed by atoms with Crippen LogP contribution in [0.25, 0.3) is 33.3 Å². The molecule has 0 spiro atoms. The van der Waals surface area contributed by atoms with Crippen LogP contribution < -0.4 is 0 Å². The molecule has 2 heterocycles. The summed E-state index contributed by atoms with van der Waals surface area (Å²) in [5.74, 6) is -0.0995. The Morgan fingerprint density at radius 3 is 2.80 bits per heavy atom. The van der Waals surface area contributed by atoms with Crippen molar-refractivity contribution in [3.63, 3.8) is 0 Å². The highest BCUT2D eigenvalue weighted by Crippen LogP contribution is 2.30. The zero-order valence-corrected chi connectivity index (χ0v) is 17.2. The van der Waals surface area contributed by atoms with E-state index in [1.165, 1.54) is 0 Å². The number of carbonyl (C=O) groups excluding carboxylic acids is 1. The van der Waals surface area contributed by atoms with Gasteiger partial charge in [-0.25, -0.2) is 0 Å². The van der Waals surface area contributed by atoms with Gasteiger partial charge in [-0.05, 0) is 35.6 Å². The summed E-state index contributed by atoms with van der Waals surface area (Å²) in [7, 11) is 1.61. The van der Waals surface area contributed by atoms with E-state index in [9.17, 15) is 4.79 Å². The van der Waals surface area contributed by atoms with E-state index >= 15 is 0 Å². The Bertz CT molecular complexity index is 1220. The van der Waals surface area contributed by atoms with Crippen LogP contribution in [-0.4, -0.2) is 42.4 Å². The second kappa shape index (κ2) is 9.03. The largest absolute Gasteiger partial charge is 0.382 e. The Hall–Kier alpha value is -3.28. The molecule has 0 amide bonds. The number of ether oxygens (including phenoxy) is 2. The lowest BCUT2D eigenvalue weighted by molar-refractivity contribution is 0.0519. The van der Waals surface area contributed by atoms with Crippen LogP contribution in [0, 0.1) is 0 Å². The summed E-state index contributed by atoms with van der Waals surface area (Å²) in [6, 6.07) is 16.2. The average Bonchev–Trinajstić information content (AvgIpc) is 3.17. The number of allylic oxidation sites excluding steroid dienone is 1. The third kappa shape index (κ3) is 4.03. The van der Waals surface area contributed by atoms with Gasteiger partial charge in [-0.1, -0.05) is 42.5 Å². The van der Waals surface area contributed by atoms with E-state index in [1.807, 2.05) is 55.0 Å². The number of fused-ring (bicyclic) bond motifs is 2. The first-order valence-electron chi connectivity index (χ1n) is 9.90. The van der Waals surface area contributed by atoms with E-state index in [0.29, 0.717) is 13.2 Å². The molecule has 30 heavy (non-hydrogen) atoms. The minimum absolute atomic E-state index is 0.0144. The second-order valence-electron chi connectivity index (χ2n) is 7.14. The number of benzene rings is 2. The molecule has 5 heteroatoms. The molecule has 4 rings (SSSR count). The number of hydrogen-bond donors (Lipinski definition) is 0. The van der Waals surface area contributed by atoms with Crippen molar-refractivity contribution in [1.82, 2.24) is 9.55 Å². The minimum atomic E-state index is -0.0995. The normalized spacial score (nSPS) is 12.0. The number of aromatic nitrogens is 2. The van der Waals surface area contributed by atoms with Gasteiger partial charge in [0, 0.05) is 42.0 Å². The van der Waals surface area contributed by atoms with Gasteiger partial charge in [-0.2, -0.15) is 0 Å². The molecule has 0 atom stereocenters. The van der Waals surface area contributed by atoms with Gasteiger partial charge in [-0.15, -0.1) is 0 Å². The van der Waals surface area contributed by atoms with Crippen LogP contribution >= 0.6 is 0 Å². The molecule has 5 nitrogen and oxygen atoms in total. The maximum atomic E-state index is 12.8. The maximum absolute atomic E-state index is 12.8. The Morgan fingerprint density at radius 1 is 1.07 bits per heavy atom. The topological polar surface area (TPSA) is 53.4 Å². The number of para-hydroxylation sites is 1. The standard InChI is InChI=1S/C25H24N2O3/c1-18(14-19-6-5-7-20-15-26-11-10-21(19)20)23-16-27(24-9-4-3-8-22(23)24)25(28)17-30-13-12-29-2/h3-11,14-16H,12-13,17H2,1-2H3/b18-14+. The molecule has 0 aliphatic rings. The summed E-state index contributed by atoms with van der Waals surface area (Å²) in [6.45, 7) is 2.95. The summed E-state index contributed by atoms with van der Waals surface area (Å²) < 4.78 is 12.1. The van der Waals surface area contributed by atoms with Crippen molar-refractivity contribution in [2.24, 2.45) is 0 Å². The Kier molecular flexibility index (Phi) is 6.02. The predicted molar refractivity (Wildman–Crippen MR) is 121 cm³/mol. The molecular formula is C25H24N2O3. The van der Waals surface area contributed by atoms with Gasteiger partial charge >= 0.3 is 0 Å². The summed E-state index contributed by atoms with van der Waals surface area (Å²) >= 11 is 0. The summed E-state index contributed by atoms with van der Waals surface area (Å²) in [5, 5.41) is 3.29. The molecule has 0 aliphatic heterocycles. The fourth-order valence-corrected chi connectivity index (χ4v) is 3.66. The third-order valence-electron chi connectivity index (χ3n) is 5.15. The number of nitrogens with zero attached hydrogens (tertiary/aromatic N) is 2. The van der Waals surface area contributed by atoms with Crippen molar-refractivity contribution in [3.05, 3.63) is 78.2 Å². The monoisotopic (exact) mass is 400 g/mol. The molecule has 0 N–H and O–H groups in total. The number of rotatable bonds is 7. The quantitative estimate of drug-likeness (QED) is 0.407. The second-order valence-corrected chi connectivity index (χ2v) is 7.14. The fourth-order valence-electron chi connectivity index (χ4n) is 3.66. The van der Waals surface area contributed by atoms with Gasteiger partial charge < -0.3 is 9.47 Å². The Labute approximate surface area is 175 Å². The van der Waals surface area contributed by atoms with E-state index < -0.39 is 0 Å². The van der Waals surface area contributed by atoms with Crippen LogP contribution in [0.15, 0.2) is 67.1 Å². The first-order valence-corrected chi connectivity index (χ1v) is 9.90. The zero-order chi connectivity index (χ0) is 20.9. The highest BCUT2D eigenvalue weighted by atomic mass is 16.5. The fraction of sp³-hybridized carbons (Fsp3) is 0.200. The number of methoxy groups -OCH3 is 1. The van der Waals surface area contributed by atoms with Crippen molar-refractivity contribution >= 4 is 39.2 Å². The smallest absolute Gasteiger partial charge is 0.257 e. The zero-order valence-electron chi connectivity index (χ0n) is 17.2. The van der Waals surface area contributed by atoms with Crippen LogP contribution in [-0.2, 0) is 9.47 Å². The lowest BCUT2D eigenvalue weighted by Gasteiger charge is -2.05. The highest BCUT2D eigenvalue weighted by Gasteiger charge is 2.15. The van der Waals surface area contributed by atoms with Gasteiger partial charge in [0.2, 0.25) is 0 Å². The average molecular weight is 400 g/mol. The van der Waals surface area contributed by atoms with Crippen molar-refractivity contribution in [3.8, 4) is 0 Å². The Morgan fingerprint density at radius 2 is 1.93 bits per heavy atom. The highest BCUT2D eigenvalue weighted by molar-refractivity contribution is 6.03. The molecule has 0 saturated carbocycles. The van der Waals surface area contributed by atoms with Crippen LogP contribution in [0.2, 0.25) is 0 Å². The molecule has 152 valence electrons. The summed E-state index contributed by atoms with van der Waals surface area (Å²) in [6.07, 6.45) is 7.75. The van der Waals surface area contributed by atoms with E-state index in [4.69, 9.17) is 9.47 Å². The maximum Gasteiger partial charge on any atom is 0.257 e. The minimum Gasteiger partial charge on any atom is -0.382 e. The van der Waals surface area contributed by atoms with Gasteiger partial charge in [0.15, 0.2) is 0 Å². The SMILES string of the molecule is COCCOCC(=O)n1cc(/C(C)=C/c2cccc3cnccc23)c2ccccc21.